The van der Waals surface area contributed by atoms with E-state index in [0.29, 0.717) is 12.5 Å². The molecule has 0 spiro atoms. The summed E-state index contributed by atoms with van der Waals surface area (Å²) in [5.74, 6) is 0.390. The molecule has 0 bridgehead atoms. The lowest BCUT2D eigenvalue weighted by Gasteiger charge is -2.37. The Kier molecular flexibility index (Phi) is 4.08. The van der Waals surface area contributed by atoms with Crippen molar-refractivity contribution in [2.75, 3.05) is 25.6 Å². The first-order valence-electron chi connectivity index (χ1n) is 5.49. The minimum Gasteiger partial charge on any atom is -0.297 e. The Bertz CT molecular complexity index is 258. The van der Waals surface area contributed by atoms with Crippen molar-refractivity contribution in [1.29, 1.82) is 0 Å². The van der Waals surface area contributed by atoms with Gasteiger partial charge in [0.15, 0.2) is 0 Å². The molecule has 0 aromatic carbocycles. The van der Waals surface area contributed by atoms with E-state index in [0.717, 1.165) is 32.4 Å². The van der Waals surface area contributed by atoms with Gasteiger partial charge in [-0.2, -0.15) is 0 Å². The molecule has 15 heavy (non-hydrogen) atoms. The van der Waals surface area contributed by atoms with Crippen LogP contribution in [0, 0.1) is 0 Å². The van der Waals surface area contributed by atoms with Crippen LogP contribution in [-0.4, -0.2) is 36.4 Å². The first kappa shape index (κ1) is 11.9. The molecule has 2 aliphatic rings. The van der Waals surface area contributed by atoms with E-state index in [4.69, 9.17) is 20.6 Å². The lowest BCUT2D eigenvalue weighted by molar-refractivity contribution is 0.0617. The van der Waals surface area contributed by atoms with Crippen LogP contribution in [0.1, 0.15) is 25.7 Å². The average Bonchev–Trinajstić information content (AvgIpc) is 2.30. The van der Waals surface area contributed by atoms with Gasteiger partial charge in [0.2, 0.25) is 0 Å². The predicted molar refractivity (Wildman–Crippen MR) is 59.2 cm³/mol. The Morgan fingerprint density at radius 2 is 2.07 bits per heavy atom. The van der Waals surface area contributed by atoms with Gasteiger partial charge in [-0.05, 0) is 19.3 Å². The summed E-state index contributed by atoms with van der Waals surface area (Å²) < 4.78 is 25.1. The molecule has 0 aromatic rings. The lowest BCUT2D eigenvalue weighted by atomic mass is 10.2. The number of hydrogen-bond donors (Lipinski definition) is 0. The molecule has 0 radical (unpaired) electrons. The van der Waals surface area contributed by atoms with Crippen molar-refractivity contribution in [1.82, 2.24) is 4.67 Å². The maximum atomic E-state index is 12.4. The molecule has 0 amide bonds. The zero-order valence-electron chi connectivity index (χ0n) is 8.73. The quantitative estimate of drug-likeness (QED) is 0.560. The van der Waals surface area contributed by atoms with Crippen LogP contribution < -0.4 is 0 Å². The van der Waals surface area contributed by atoms with Crippen molar-refractivity contribution in [2.24, 2.45) is 0 Å². The zero-order valence-corrected chi connectivity index (χ0v) is 10.4. The van der Waals surface area contributed by atoms with Gasteiger partial charge in [0.05, 0.1) is 12.7 Å². The zero-order chi connectivity index (χ0) is 10.7. The third-order valence-electron chi connectivity index (χ3n) is 2.83. The molecule has 2 saturated heterocycles. The van der Waals surface area contributed by atoms with Crippen LogP contribution in [0.3, 0.4) is 0 Å². The molecule has 0 aromatic heterocycles. The molecule has 0 saturated carbocycles. The van der Waals surface area contributed by atoms with Crippen LogP contribution in [0.5, 0.6) is 0 Å². The molecule has 2 atom stereocenters. The monoisotopic (exact) mass is 253 g/mol. The van der Waals surface area contributed by atoms with Crippen molar-refractivity contribution >= 4 is 19.3 Å². The summed E-state index contributed by atoms with van der Waals surface area (Å²) in [6.07, 6.45) is 3.97. The molecule has 88 valence electrons. The largest absolute Gasteiger partial charge is 0.408 e. The van der Waals surface area contributed by atoms with Crippen LogP contribution in [0.4, 0.5) is 0 Å². The first-order valence-corrected chi connectivity index (χ1v) is 7.52. The molecule has 2 fully saturated rings. The second kappa shape index (κ2) is 5.15. The molecule has 0 N–H and O–H groups in total. The highest BCUT2D eigenvalue weighted by Crippen LogP contribution is 2.56. The van der Waals surface area contributed by atoms with Crippen molar-refractivity contribution in [2.45, 2.75) is 31.8 Å². The fourth-order valence-electron chi connectivity index (χ4n) is 1.95. The third-order valence-corrected chi connectivity index (χ3v) is 5.34. The molecule has 2 aliphatic heterocycles. The summed E-state index contributed by atoms with van der Waals surface area (Å²) in [6, 6.07) is 0. The third kappa shape index (κ3) is 2.75. The predicted octanol–water partition coefficient (Wildman–Crippen LogP) is 2.62. The maximum absolute atomic E-state index is 12.4. The first-order chi connectivity index (χ1) is 7.24. The van der Waals surface area contributed by atoms with Crippen molar-refractivity contribution in [3.05, 3.63) is 0 Å². The standard InChI is InChI=1S/C9H17ClNO3P/c10-8-9-4-7-13-15(12,14-9)11-5-2-1-3-6-11/h9H,1-8H2/t9-,15-/m0/s1. The lowest BCUT2D eigenvalue weighted by Crippen LogP contribution is -2.34. The summed E-state index contributed by atoms with van der Waals surface area (Å²) in [4.78, 5) is 0. The summed E-state index contributed by atoms with van der Waals surface area (Å²) in [5.41, 5.74) is 0. The molecule has 4 nitrogen and oxygen atoms in total. The Hall–Kier alpha value is 0.400. The Morgan fingerprint density at radius 3 is 2.73 bits per heavy atom. The minimum absolute atomic E-state index is 0.117. The van der Waals surface area contributed by atoms with E-state index in [2.05, 4.69) is 0 Å². The topological polar surface area (TPSA) is 38.8 Å². The maximum Gasteiger partial charge on any atom is 0.408 e. The van der Waals surface area contributed by atoms with Gasteiger partial charge in [-0.3, -0.25) is 9.05 Å². The van der Waals surface area contributed by atoms with Gasteiger partial charge in [-0.25, -0.2) is 9.24 Å². The fraction of sp³-hybridized carbons (Fsp3) is 1.00. The van der Waals surface area contributed by atoms with Crippen LogP contribution in [-0.2, 0) is 13.6 Å². The molecule has 2 rings (SSSR count). The smallest absolute Gasteiger partial charge is 0.297 e. The number of hydrogen-bond acceptors (Lipinski definition) is 3. The van der Waals surface area contributed by atoms with Crippen molar-refractivity contribution < 1.29 is 13.6 Å². The summed E-state index contributed by atoms with van der Waals surface area (Å²) in [6.45, 7) is 2.11. The minimum atomic E-state index is -3.01. The second-order valence-corrected chi connectivity index (χ2v) is 6.27. The number of rotatable bonds is 2. The van der Waals surface area contributed by atoms with Crippen molar-refractivity contribution in [3.63, 3.8) is 0 Å². The van der Waals surface area contributed by atoms with Crippen LogP contribution in [0.15, 0.2) is 0 Å². The van der Waals surface area contributed by atoms with Gasteiger partial charge in [-0.15, -0.1) is 11.6 Å². The van der Waals surface area contributed by atoms with Gasteiger partial charge in [-0.1, -0.05) is 6.42 Å². The van der Waals surface area contributed by atoms with Gasteiger partial charge in [0.25, 0.3) is 0 Å². The summed E-state index contributed by atoms with van der Waals surface area (Å²) >= 11 is 5.73. The van der Waals surface area contributed by atoms with E-state index in [9.17, 15) is 4.57 Å². The molecule has 0 unspecified atom stereocenters. The summed E-state index contributed by atoms with van der Waals surface area (Å²) in [7, 11) is -3.01. The fourth-order valence-corrected chi connectivity index (χ4v) is 4.28. The van der Waals surface area contributed by atoms with Gasteiger partial charge >= 0.3 is 7.75 Å². The van der Waals surface area contributed by atoms with E-state index in [1.807, 2.05) is 4.67 Å². The van der Waals surface area contributed by atoms with Crippen LogP contribution in [0.25, 0.3) is 0 Å². The Morgan fingerprint density at radius 1 is 1.33 bits per heavy atom. The second-order valence-electron chi connectivity index (χ2n) is 3.99. The van der Waals surface area contributed by atoms with Gasteiger partial charge in [0, 0.05) is 19.0 Å². The van der Waals surface area contributed by atoms with E-state index in [-0.39, 0.29) is 6.10 Å². The average molecular weight is 254 g/mol. The number of piperidine rings is 1. The molecule has 2 heterocycles. The van der Waals surface area contributed by atoms with Gasteiger partial charge < -0.3 is 0 Å². The normalized spacial score (nSPS) is 39.1. The number of halogens is 1. The Labute approximate surface area is 95.5 Å². The molecule has 0 aliphatic carbocycles. The van der Waals surface area contributed by atoms with E-state index in [1.54, 1.807) is 0 Å². The highest BCUT2D eigenvalue weighted by molar-refractivity contribution is 7.51. The van der Waals surface area contributed by atoms with Crippen LogP contribution in [0.2, 0.25) is 0 Å². The highest BCUT2D eigenvalue weighted by Gasteiger charge is 2.39. The SMILES string of the molecule is O=[P@@]1(N2CCCCC2)OCC[C@@H](CCl)O1. The number of nitrogens with zero attached hydrogens (tertiary/aromatic N) is 1. The van der Waals surface area contributed by atoms with Crippen LogP contribution >= 0.6 is 19.3 Å². The van der Waals surface area contributed by atoms with E-state index in [1.165, 1.54) is 6.42 Å². The Balaban J connectivity index is 2.00. The molecular weight excluding hydrogens is 237 g/mol. The molecule has 6 heteroatoms. The summed E-state index contributed by atoms with van der Waals surface area (Å²) in [5, 5.41) is 0. The van der Waals surface area contributed by atoms with E-state index < -0.39 is 7.75 Å². The highest BCUT2D eigenvalue weighted by atomic mass is 35.5. The molecular formula is C9H17ClNO3P. The number of alkyl halides is 1. The van der Waals surface area contributed by atoms with E-state index >= 15 is 0 Å². The van der Waals surface area contributed by atoms with Crippen molar-refractivity contribution in [3.8, 4) is 0 Å². The van der Waals surface area contributed by atoms with Gasteiger partial charge in [0.1, 0.15) is 0 Å².